The number of hydrogen-bond acceptors (Lipinski definition) is 2. The number of carbonyl (C=O) groups excluding carboxylic acids is 1. The molecule has 1 aliphatic carbocycles. The van der Waals surface area contributed by atoms with Gasteiger partial charge in [0.1, 0.15) is 0 Å². The van der Waals surface area contributed by atoms with Crippen molar-refractivity contribution >= 4 is 29.1 Å². The van der Waals surface area contributed by atoms with Crippen LogP contribution in [0.3, 0.4) is 0 Å². The van der Waals surface area contributed by atoms with Crippen LogP contribution in [0.5, 0.6) is 0 Å². The van der Waals surface area contributed by atoms with Gasteiger partial charge >= 0.3 is 6.18 Å². The van der Waals surface area contributed by atoms with Crippen LogP contribution in [0.25, 0.3) is 0 Å². The van der Waals surface area contributed by atoms with Crippen molar-refractivity contribution < 1.29 is 23.1 Å². The number of aliphatic hydroxyl groups excluding tert-OH is 1. The molecule has 2 aliphatic rings. The van der Waals surface area contributed by atoms with Gasteiger partial charge in [-0.25, -0.2) is 0 Å². The molecule has 1 amide bonds. The topological polar surface area (TPSA) is 40.5 Å². The van der Waals surface area contributed by atoms with E-state index in [9.17, 15) is 23.1 Å². The van der Waals surface area contributed by atoms with Gasteiger partial charge < -0.3 is 10.0 Å². The summed E-state index contributed by atoms with van der Waals surface area (Å²) in [6.07, 6.45) is -1.23. The van der Waals surface area contributed by atoms with Crippen LogP contribution < -0.4 is 0 Å². The summed E-state index contributed by atoms with van der Waals surface area (Å²) in [4.78, 5) is 16.1. The van der Waals surface area contributed by atoms with Crippen molar-refractivity contribution in [1.29, 1.82) is 0 Å². The van der Waals surface area contributed by atoms with Crippen LogP contribution >= 0.6 is 23.2 Å². The lowest BCUT2D eigenvalue weighted by Crippen LogP contribution is -2.58. The maximum Gasteiger partial charge on any atom is 0.397 e. The molecule has 1 saturated carbocycles. The first-order chi connectivity index (χ1) is 18.4. The van der Waals surface area contributed by atoms with Gasteiger partial charge in [-0.1, -0.05) is 67.4 Å². The molecule has 5 atom stereocenters. The number of aliphatic hydroxyl groups is 1. The van der Waals surface area contributed by atoms with Crippen LogP contribution in [0.1, 0.15) is 75.5 Å². The third-order valence-corrected chi connectivity index (χ3v) is 9.34. The molecule has 39 heavy (non-hydrogen) atoms. The first-order valence-electron chi connectivity index (χ1n) is 13.5. The molecular formula is C31H36Cl2F3NO2. The molecule has 1 heterocycles. The van der Waals surface area contributed by atoms with Gasteiger partial charge in [-0.3, -0.25) is 4.79 Å². The van der Waals surface area contributed by atoms with Crippen LogP contribution in [0.4, 0.5) is 13.2 Å². The molecule has 2 aromatic carbocycles. The predicted octanol–water partition coefficient (Wildman–Crippen LogP) is 8.75. The fourth-order valence-corrected chi connectivity index (χ4v) is 6.91. The Bertz CT molecular complexity index is 1180. The Labute approximate surface area is 239 Å². The maximum atomic E-state index is 14.6. The van der Waals surface area contributed by atoms with E-state index in [0.29, 0.717) is 42.1 Å². The molecule has 4 rings (SSSR count). The Morgan fingerprint density at radius 1 is 1.13 bits per heavy atom. The molecule has 1 N–H and O–H groups in total. The number of hydrogen-bond donors (Lipinski definition) is 1. The molecule has 0 unspecified atom stereocenters. The molecule has 1 saturated heterocycles. The molecule has 0 bridgehead atoms. The summed E-state index contributed by atoms with van der Waals surface area (Å²) in [5, 5.41) is 11.3. The number of nitrogens with zero attached hydrogens (tertiary/aromatic N) is 1. The van der Waals surface area contributed by atoms with Crippen molar-refractivity contribution in [2.24, 2.45) is 16.7 Å². The van der Waals surface area contributed by atoms with E-state index in [1.165, 1.54) is 0 Å². The van der Waals surface area contributed by atoms with E-state index in [1.54, 1.807) is 29.2 Å². The van der Waals surface area contributed by atoms with E-state index < -0.39 is 41.6 Å². The van der Waals surface area contributed by atoms with Crippen molar-refractivity contribution in [3.05, 3.63) is 82.4 Å². The molecular weight excluding hydrogens is 546 g/mol. The Morgan fingerprint density at radius 2 is 1.79 bits per heavy atom. The highest BCUT2D eigenvalue weighted by atomic mass is 35.5. The number of rotatable bonds is 10. The quantitative estimate of drug-likeness (QED) is 0.285. The zero-order valence-electron chi connectivity index (χ0n) is 22.4. The average Bonchev–Trinajstić information content (AvgIpc) is 3.73. The van der Waals surface area contributed by atoms with Gasteiger partial charge in [0.25, 0.3) is 0 Å². The third-order valence-electron chi connectivity index (χ3n) is 8.86. The Morgan fingerprint density at radius 3 is 2.31 bits per heavy atom. The smallest absolute Gasteiger partial charge is 0.395 e. The van der Waals surface area contributed by atoms with Crippen molar-refractivity contribution in [2.75, 3.05) is 6.61 Å². The number of piperidine rings is 1. The van der Waals surface area contributed by atoms with Crippen LogP contribution in [0, 0.1) is 16.7 Å². The first kappa shape index (κ1) is 30.0. The number of amides is 1. The minimum atomic E-state index is -4.60. The van der Waals surface area contributed by atoms with E-state index >= 15 is 0 Å². The second-order valence-corrected chi connectivity index (χ2v) is 12.4. The number of halogens is 5. The Balaban J connectivity index is 1.91. The predicted molar refractivity (Wildman–Crippen MR) is 150 cm³/mol. The van der Waals surface area contributed by atoms with Gasteiger partial charge in [-0.2, -0.15) is 13.2 Å². The fourth-order valence-electron chi connectivity index (χ4n) is 6.58. The van der Waals surface area contributed by atoms with E-state index in [-0.39, 0.29) is 18.2 Å². The minimum Gasteiger partial charge on any atom is -0.395 e. The van der Waals surface area contributed by atoms with Gasteiger partial charge in [0.05, 0.1) is 23.5 Å². The van der Waals surface area contributed by atoms with Crippen molar-refractivity contribution in [2.45, 2.75) is 76.6 Å². The maximum absolute atomic E-state index is 14.6. The number of allylic oxidation sites excluding steroid dienone is 1. The Hall–Kier alpha value is -2.02. The molecule has 2 fully saturated rings. The molecule has 0 radical (unpaired) electrons. The monoisotopic (exact) mass is 581 g/mol. The molecule has 3 nitrogen and oxygen atoms in total. The van der Waals surface area contributed by atoms with Gasteiger partial charge in [-0.15, -0.1) is 6.58 Å². The summed E-state index contributed by atoms with van der Waals surface area (Å²) in [5.41, 5.74) is -1.41. The van der Waals surface area contributed by atoms with Crippen LogP contribution in [0.2, 0.25) is 10.0 Å². The largest absolute Gasteiger partial charge is 0.397 e. The fraction of sp³-hybridized carbons (Fsp3) is 0.516. The van der Waals surface area contributed by atoms with Gasteiger partial charge in [0.2, 0.25) is 5.91 Å². The third kappa shape index (κ3) is 5.75. The van der Waals surface area contributed by atoms with Crippen LogP contribution in [0.15, 0.2) is 61.2 Å². The molecule has 1 aliphatic heterocycles. The van der Waals surface area contributed by atoms with Crippen molar-refractivity contribution in [1.82, 2.24) is 4.90 Å². The van der Waals surface area contributed by atoms with E-state index in [2.05, 4.69) is 6.58 Å². The average molecular weight is 583 g/mol. The van der Waals surface area contributed by atoms with Crippen LogP contribution in [-0.4, -0.2) is 34.7 Å². The van der Waals surface area contributed by atoms with Crippen molar-refractivity contribution in [3.63, 3.8) is 0 Å². The minimum absolute atomic E-state index is 0.197. The highest BCUT2D eigenvalue weighted by Gasteiger charge is 2.63. The normalized spacial score (nSPS) is 26.3. The van der Waals surface area contributed by atoms with Gasteiger partial charge in [0.15, 0.2) is 0 Å². The van der Waals surface area contributed by atoms with Crippen LogP contribution in [-0.2, 0) is 4.79 Å². The summed E-state index contributed by atoms with van der Waals surface area (Å²) in [6, 6.07) is 13.3. The highest BCUT2D eigenvalue weighted by Crippen LogP contribution is 2.59. The summed E-state index contributed by atoms with van der Waals surface area (Å²) >= 11 is 12.6. The van der Waals surface area contributed by atoms with E-state index in [4.69, 9.17) is 23.2 Å². The van der Waals surface area contributed by atoms with Gasteiger partial charge in [0, 0.05) is 22.0 Å². The molecule has 8 heteroatoms. The number of benzene rings is 2. The summed E-state index contributed by atoms with van der Waals surface area (Å²) in [7, 11) is 0. The standard InChI is InChI=1S/C31H36Cl2F3NO2/c1-4-15-29(3)18-26(21-7-6-8-24(33)16-21)27(20-9-13-23(32)14-10-20)37(28(29)39)25(5-2)17-30(19-38,22-11-12-22)31(34,35)36/h4,6-10,13-14,16,22,25-27,38H,1,5,11-12,15,17-19H2,2-3H3/t25-,26+,27+,29-,30+/m0/s1. The number of alkyl halides is 3. The SMILES string of the molecule is C=CC[C@@]1(C)C[C@H](c2cccc(Cl)c2)[C@@H](c2ccc(Cl)cc2)N([C@@H](CC)C[C@@](CO)(C2CC2)C(F)(F)F)C1=O. The summed E-state index contributed by atoms with van der Waals surface area (Å²) in [6.45, 7) is 6.57. The Kier molecular flexibility index (Phi) is 8.80. The second-order valence-electron chi connectivity index (χ2n) is 11.5. The zero-order valence-corrected chi connectivity index (χ0v) is 23.9. The lowest BCUT2D eigenvalue weighted by atomic mass is 9.66. The van der Waals surface area contributed by atoms with Crippen molar-refractivity contribution in [3.8, 4) is 0 Å². The van der Waals surface area contributed by atoms with Gasteiger partial charge in [-0.05, 0) is 79.8 Å². The molecule has 0 aromatic heterocycles. The molecule has 0 spiro atoms. The highest BCUT2D eigenvalue weighted by molar-refractivity contribution is 6.30. The summed E-state index contributed by atoms with van der Waals surface area (Å²) in [5.74, 6) is -1.08. The molecule has 212 valence electrons. The lowest BCUT2D eigenvalue weighted by molar-refractivity contribution is -0.252. The number of likely N-dealkylation sites (tertiary alicyclic amines) is 1. The lowest BCUT2D eigenvalue weighted by Gasteiger charge is -2.53. The van der Waals surface area contributed by atoms with E-state index in [1.807, 2.05) is 44.2 Å². The second kappa shape index (κ2) is 11.5. The number of carbonyl (C=O) groups is 1. The molecule has 2 aromatic rings. The summed E-state index contributed by atoms with van der Waals surface area (Å²) < 4.78 is 43.9. The zero-order chi connectivity index (χ0) is 28.6. The first-order valence-corrected chi connectivity index (χ1v) is 14.3. The van der Waals surface area contributed by atoms with E-state index in [0.717, 1.165) is 11.1 Å².